The van der Waals surface area contributed by atoms with Crippen LogP contribution in [-0.4, -0.2) is 66.0 Å². The van der Waals surface area contributed by atoms with Gasteiger partial charge in [0.25, 0.3) is 5.91 Å². The molecule has 2 aromatic carbocycles. The molecule has 3 aliphatic heterocycles. The molecular weight excluding hydrogens is 456 g/mol. The van der Waals surface area contributed by atoms with Crippen LogP contribution in [0.5, 0.6) is 0 Å². The second-order valence-electron chi connectivity index (χ2n) is 9.42. The van der Waals surface area contributed by atoms with Gasteiger partial charge in [0.2, 0.25) is 5.91 Å². The van der Waals surface area contributed by atoms with Gasteiger partial charge in [-0.05, 0) is 30.9 Å². The predicted molar refractivity (Wildman–Crippen MR) is 135 cm³/mol. The molecule has 5 rings (SSSR count). The van der Waals surface area contributed by atoms with E-state index in [0.717, 1.165) is 24.0 Å². The van der Waals surface area contributed by atoms with Crippen LogP contribution in [0.1, 0.15) is 36.9 Å². The number of amides is 4. The molecule has 188 valence electrons. The summed E-state index contributed by atoms with van der Waals surface area (Å²) >= 11 is 0. The number of ether oxygens (including phenoxy) is 1. The number of benzene rings is 2. The zero-order valence-corrected chi connectivity index (χ0v) is 20.5. The van der Waals surface area contributed by atoms with Gasteiger partial charge in [-0.2, -0.15) is 0 Å². The van der Waals surface area contributed by atoms with Crippen LogP contribution in [0.2, 0.25) is 0 Å². The van der Waals surface area contributed by atoms with Gasteiger partial charge in [0, 0.05) is 26.1 Å². The largest absolute Gasteiger partial charge is 0.376 e. The molecule has 36 heavy (non-hydrogen) atoms. The van der Waals surface area contributed by atoms with Crippen LogP contribution < -0.4 is 10.6 Å². The van der Waals surface area contributed by atoms with Crippen molar-refractivity contribution in [2.24, 2.45) is 0 Å². The minimum absolute atomic E-state index is 0.00630. The quantitative estimate of drug-likeness (QED) is 0.598. The first-order valence-corrected chi connectivity index (χ1v) is 12.7. The molecule has 3 aliphatic rings. The first kappa shape index (κ1) is 24.1. The lowest BCUT2D eigenvalue weighted by Gasteiger charge is -2.32. The number of nitrogens with one attached hydrogen (secondary N) is 2. The number of nitrogens with zero attached hydrogens (tertiary/aromatic N) is 2. The average Bonchev–Trinajstić information content (AvgIpc) is 3.55. The summed E-state index contributed by atoms with van der Waals surface area (Å²) in [7, 11) is 0. The molecule has 2 N–H and O–H groups in total. The van der Waals surface area contributed by atoms with Crippen LogP contribution in [0.15, 0.2) is 71.9 Å². The van der Waals surface area contributed by atoms with Crippen molar-refractivity contribution in [3.8, 4) is 0 Å². The lowest BCUT2D eigenvalue weighted by Crippen LogP contribution is -2.51. The van der Waals surface area contributed by atoms with Gasteiger partial charge in [-0.1, -0.05) is 60.7 Å². The van der Waals surface area contributed by atoms with E-state index in [1.54, 1.807) is 9.80 Å². The summed E-state index contributed by atoms with van der Waals surface area (Å²) in [4.78, 5) is 43.7. The molecule has 0 aromatic heterocycles. The van der Waals surface area contributed by atoms with Gasteiger partial charge in [-0.3, -0.25) is 14.5 Å². The molecule has 1 fully saturated rings. The lowest BCUT2D eigenvalue weighted by atomic mass is 9.95. The smallest absolute Gasteiger partial charge is 0.322 e. The molecule has 0 radical (unpaired) electrons. The summed E-state index contributed by atoms with van der Waals surface area (Å²) < 4.78 is 5.67. The van der Waals surface area contributed by atoms with E-state index in [-0.39, 0.29) is 30.5 Å². The summed E-state index contributed by atoms with van der Waals surface area (Å²) in [6, 6.07) is 17.7. The third-order valence-electron chi connectivity index (χ3n) is 7.18. The Bertz CT molecular complexity index is 1140. The molecule has 1 saturated heterocycles. The fraction of sp³-hybridized carbons (Fsp3) is 0.393. The van der Waals surface area contributed by atoms with Crippen molar-refractivity contribution < 1.29 is 19.1 Å². The normalized spacial score (nSPS) is 22.5. The van der Waals surface area contributed by atoms with Crippen molar-refractivity contribution in [3.63, 3.8) is 0 Å². The van der Waals surface area contributed by atoms with E-state index < -0.39 is 12.1 Å². The SMILES string of the molecule is CCN1C(=O)NC(c2ccccc2)C2=C1CN(C(Cc1ccccc1)C(=O)NCC1CCCO1)C2=O. The van der Waals surface area contributed by atoms with Gasteiger partial charge < -0.3 is 20.3 Å². The Kier molecular flexibility index (Phi) is 7.04. The van der Waals surface area contributed by atoms with Crippen molar-refractivity contribution in [2.75, 3.05) is 26.2 Å². The fourth-order valence-electron chi connectivity index (χ4n) is 5.31. The van der Waals surface area contributed by atoms with Crippen LogP contribution in [0.3, 0.4) is 0 Å². The van der Waals surface area contributed by atoms with Crippen LogP contribution in [0, 0.1) is 0 Å². The van der Waals surface area contributed by atoms with Gasteiger partial charge >= 0.3 is 6.03 Å². The second-order valence-corrected chi connectivity index (χ2v) is 9.42. The van der Waals surface area contributed by atoms with Crippen molar-refractivity contribution in [2.45, 2.75) is 44.4 Å². The van der Waals surface area contributed by atoms with E-state index in [9.17, 15) is 14.4 Å². The van der Waals surface area contributed by atoms with Gasteiger partial charge in [0.15, 0.2) is 0 Å². The standard InChI is InChI=1S/C28H32N4O4/c1-2-31-23-18-32(27(34)24(23)25(30-28(31)35)20-12-7-4-8-13-20)22(16-19-10-5-3-6-11-19)26(33)29-17-21-14-9-15-36-21/h3-8,10-13,21-22,25H,2,9,14-18H2,1H3,(H,29,33)(H,30,35). The van der Waals surface area contributed by atoms with Crippen LogP contribution >= 0.6 is 0 Å². The number of likely N-dealkylation sites (N-methyl/N-ethyl adjacent to an activating group) is 1. The molecule has 3 heterocycles. The Hall–Kier alpha value is -3.65. The Morgan fingerprint density at radius 2 is 1.83 bits per heavy atom. The summed E-state index contributed by atoms with van der Waals surface area (Å²) in [5, 5.41) is 6.03. The minimum atomic E-state index is -0.711. The van der Waals surface area contributed by atoms with Crippen LogP contribution in [0.25, 0.3) is 0 Å². The molecule has 3 atom stereocenters. The van der Waals surface area contributed by atoms with E-state index in [1.807, 2.05) is 67.6 Å². The third kappa shape index (κ3) is 4.73. The van der Waals surface area contributed by atoms with Gasteiger partial charge in [-0.25, -0.2) is 4.79 Å². The number of carbonyl (C=O) groups excluding carboxylic acids is 3. The maximum absolute atomic E-state index is 14.0. The van der Waals surface area contributed by atoms with Crippen molar-refractivity contribution in [1.82, 2.24) is 20.4 Å². The van der Waals surface area contributed by atoms with E-state index >= 15 is 0 Å². The molecule has 2 aromatic rings. The van der Waals surface area contributed by atoms with Crippen molar-refractivity contribution in [3.05, 3.63) is 83.1 Å². The summed E-state index contributed by atoms with van der Waals surface area (Å²) in [6.45, 7) is 3.67. The molecule has 8 heteroatoms. The molecule has 0 aliphatic carbocycles. The highest BCUT2D eigenvalue weighted by molar-refractivity contribution is 6.03. The number of rotatable bonds is 8. The summed E-state index contributed by atoms with van der Waals surface area (Å²) in [5.41, 5.74) is 3.01. The number of hydrogen-bond donors (Lipinski definition) is 2. The highest BCUT2D eigenvalue weighted by Crippen LogP contribution is 2.37. The Morgan fingerprint density at radius 3 is 2.50 bits per heavy atom. The zero-order valence-electron chi connectivity index (χ0n) is 20.5. The molecule has 0 bridgehead atoms. The Morgan fingerprint density at radius 1 is 1.11 bits per heavy atom. The zero-order chi connectivity index (χ0) is 25.1. The van der Waals surface area contributed by atoms with Crippen LogP contribution in [0.4, 0.5) is 4.79 Å². The van der Waals surface area contributed by atoms with E-state index in [2.05, 4.69) is 10.6 Å². The van der Waals surface area contributed by atoms with E-state index in [4.69, 9.17) is 4.74 Å². The maximum atomic E-state index is 14.0. The molecule has 4 amide bonds. The van der Waals surface area contributed by atoms with Crippen LogP contribution in [-0.2, 0) is 20.7 Å². The third-order valence-corrected chi connectivity index (χ3v) is 7.18. The minimum Gasteiger partial charge on any atom is -0.376 e. The molecule has 0 saturated carbocycles. The van der Waals surface area contributed by atoms with Gasteiger partial charge in [0.05, 0.1) is 30.0 Å². The van der Waals surface area contributed by atoms with Gasteiger partial charge in [0.1, 0.15) is 6.04 Å². The molecule has 8 nitrogen and oxygen atoms in total. The van der Waals surface area contributed by atoms with Crippen molar-refractivity contribution in [1.29, 1.82) is 0 Å². The van der Waals surface area contributed by atoms with E-state index in [1.165, 1.54) is 0 Å². The van der Waals surface area contributed by atoms with Crippen molar-refractivity contribution >= 4 is 17.8 Å². The maximum Gasteiger partial charge on any atom is 0.322 e. The van der Waals surface area contributed by atoms with Gasteiger partial charge in [-0.15, -0.1) is 0 Å². The number of carbonyl (C=O) groups is 3. The first-order valence-electron chi connectivity index (χ1n) is 12.7. The monoisotopic (exact) mass is 488 g/mol. The van der Waals surface area contributed by atoms with E-state index in [0.29, 0.717) is 37.4 Å². The average molecular weight is 489 g/mol. The Balaban J connectivity index is 1.45. The first-order chi connectivity index (χ1) is 17.6. The summed E-state index contributed by atoms with van der Waals surface area (Å²) in [5.74, 6) is -0.424. The predicted octanol–water partition coefficient (Wildman–Crippen LogP) is 2.78. The lowest BCUT2D eigenvalue weighted by molar-refractivity contribution is -0.136. The number of urea groups is 1. The molecular formula is C28H32N4O4. The Labute approximate surface area is 211 Å². The molecule has 3 unspecified atom stereocenters. The second kappa shape index (κ2) is 10.5. The topological polar surface area (TPSA) is 91.0 Å². The fourth-order valence-corrected chi connectivity index (χ4v) is 5.31. The molecule has 0 spiro atoms. The highest BCUT2D eigenvalue weighted by atomic mass is 16.5. The highest BCUT2D eigenvalue weighted by Gasteiger charge is 2.46. The summed E-state index contributed by atoms with van der Waals surface area (Å²) in [6.07, 6.45) is 2.30. The number of hydrogen-bond acceptors (Lipinski definition) is 4.